The molecule has 15 heavy (non-hydrogen) atoms. The highest BCUT2D eigenvalue weighted by molar-refractivity contribution is 4.87. The topological polar surface area (TPSA) is 26.0 Å². The molecule has 0 heterocycles. The quantitative estimate of drug-likeness (QED) is 0.689. The molecule has 0 aromatic rings. The molecule has 2 N–H and O–H groups in total. The molecule has 0 spiro atoms. The van der Waals surface area contributed by atoms with E-state index < -0.39 is 0 Å². The van der Waals surface area contributed by atoms with E-state index in [0.717, 1.165) is 17.8 Å². The molecule has 0 aliphatic heterocycles. The number of allylic oxidation sites excluding steroid dienone is 1. The minimum Gasteiger partial charge on any atom is -0.328 e. The van der Waals surface area contributed by atoms with Crippen LogP contribution in [0.5, 0.6) is 0 Å². The van der Waals surface area contributed by atoms with Crippen molar-refractivity contribution in [1.29, 1.82) is 0 Å². The van der Waals surface area contributed by atoms with Gasteiger partial charge in [-0.25, -0.2) is 0 Å². The monoisotopic (exact) mass is 207 g/mol. The van der Waals surface area contributed by atoms with Gasteiger partial charge >= 0.3 is 0 Å². The molecule has 0 amide bonds. The zero-order chi connectivity index (χ0) is 10.7. The minimum absolute atomic E-state index is 0.505. The van der Waals surface area contributed by atoms with E-state index in [-0.39, 0.29) is 0 Å². The number of hydrogen-bond acceptors (Lipinski definition) is 1. The molecule has 0 bridgehead atoms. The summed E-state index contributed by atoms with van der Waals surface area (Å²) in [4.78, 5) is 0. The van der Waals surface area contributed by atoms with Crippen molar-refractivity contribution in [2.75, 3.05) is 0 Å². The Bertz CT molecular complexity index is 195. The highest BCUT2D eigenvalue weighted by Crippen LogP contribution is 2.39. The van der Waals surface area contributed by atoms with Crippen LogP contribution >= 0.6 is 0 Å². The van der Waals surface area contributed by atoms with Gasteiger partial charge < -0.3 is 5.73 Å². The third kappa shape index (κ3) is 2.84. The van der Waals surface area contributed by atoms with Gasteiger partial charge in [-0.3, -0.25) is 0 Å². The Labute approximate surface area is 94.1 Å². The predicted molar refractivity (Wildman–Crippen MR) is 65.6 cm³/mol. The summed E-state index contributed by atoms with van der Waals surface area (Å²) >= 11 is 0. The van der Waals surface area contributed by atoms with Crippen LogP contribution in [0.1, 0.15) is 51.4 Å². The van der Waals surface area contributed by atoms with Crippen molar-refractivity contribution >= 4 is 0 Å². The molecule has 2 saturated carbocycles. The first-order valence-corrected chi connectivity index (χ1v) is 6.67. The first-order chi connectivity index (χ1) is 7.29. The van der Waals surface area contributed by atoms with Crippen LogP contribution in [-0.4, -0.2) is 6.04 Å². The average molecular weight is 207 g/mol. The minimum atomic E-state index is 0.505. The van der Waals surface area contributed by atoms with Gasteiger partial charge in [0.05, 0.1) is 0 Å². The second kappa shape index (κ2) is 5.16. The van der Waals surface area contributed by atoms with E-state index in [1.807, 2.05) is 0 Å². The maximum atomic E-state index is 5.96. The average Bonchev–Trinajstić information content (AvgIpc) is 2.30. The Kier molecular flexibility index (Phi) is 3.85. The van der Waals surface area contributed by atoms with Gasteiger partial charge in [0.15, 0.2) is 0 Å². The van der Waals surface area contributed by atoms with Crippen LogP contribution in [0.3, 0.4) is 0 Å². The Balaban J connectivity index is 1.78. The Morgan fingerprint density at radius 1 is 0.800 bits per heavy atom. The van der Waals surface area contributed by atoms with Crippen molar-refractivity contribution in [2.45, 2.75) is 57.4 Å². The zero-order valence-electron chi connectivity index (χ0n) is 9.83. The molecule has 2 rings (SSSR count). The van der Waals surface area contributed by atoms with Crippen LogP contribution in [0, 0.1) is 17.8 Å². The summed E-state index contributed by atoms with van der Waals surface area (Å²) in [6, 6.07) is 0.505. The summed E-state index contributed by atoms with van der Waals surface area (Å²) in [6.45, 7) is 3.92. The van der Waals surface area contributed by atoms with Gasteiger partial charge in [-0.1, -0.05) is 6.08 Å². The van der Waals surface area contributed by atoms with E-state index in [2.05, 4.69) is 12.7 Å². The van der Waals surface area contributed by atoms with Gasteiger partial charge in [0.1, 0.15) is 0 Å². The lowest BCUT2D eigenvalue weighted by Gasteiger charge is -2.36. The van der Waals surface area contributed by atoms with Crippen molar-refractivity contribution in [3.05, 3.63) is 12.7 Å². The van der Waals surface area contributed by atoms with E-state index in [4.69, 9.17) is 5.73 Å². The van der Waals surface area contributed by atoms with Gasteiger partial charge in [-0.2, -0.15) is 0 Å². The van der Waals surface area contributed by atoms with Crippen molar-refractivity contribution in [2.24, 2.45) is 23.5 Å². The summed E-state index contributed by atoms with van der Waals surface area (Å²) in [7, 11) is 0. The second-order valence-electron chi connectivity index (χ2n) is 5.59. The fourth-order valence-electron chi connectivity index (χ4n) is 3.47. The van der Waals surface area contributed by atoms with Gasteiger partial charge in [0.25, 0.3) is 0 Å². The lowest BCUT2D eigenvalue weighted by Crippen LogP contribution is -2.31. The fraction of sp³-hybridized carbons (Fsp3) is 0.857. The highest BCUT2D eigenvalue weighted by atomic mass is 14.6. The van der Waals surface area contributed by atoms with Crippen LogP contribution in [0.15, 0.2) is 12.7 Å². The standard InChI is InChI=1S/C14H25N/c1-2-11-3-5-12(6-4-11)13-7-9-14(15)10-8-13/h2,11-14H,1,3-10,15H2. The highest BCUT2D eigenvalue weighted by Gasteiger charge is 2.29. The van der Waals surface area contributed by atoms with Crippen molar-refractivity contribution in [1.82, 2.24) is 0 Å². The lowest BCUT2D eigenvalue weighted by molar-refractivity contribution is 0.172. The van der Waals surface area contributed by atoms with E-state index in [9.17, 15) is 0 Å². The van der Waals surface area contributed by atoms with Crippen molar-refractivity contribution in [3.63, 3.8) is 0 Å². The molecule has 0 saturated heterocycles. The van der Waals surface area contributed by atoms with Gasteiger partial charge in [-0.15, -0.1) is 6.58 Å². The van der Waals surface area contributed by atoms with Crippen LogP contribution in [0.2, 0.25) is 0 Å². The van der Waals surface area contributed by atoms with E-state index in [1.165, 1.54) is 51.4 Å². The SMILES string of the molecule is C=CC1CCC(C2CCC(N)CC2)CC1. The molecule has 0 atom stereocenters. The molecular weight excluding hydrogens is 182 g/mol. The first kappa shape index (κ1) is 11.2. The summed E-state index contributed by atoms with van der Waals surface area (Å²) in [5.41, 5.74) is 5.96. The fourth-order valence-corrected chi connectivity index (χ4v) is 3.47. The van der Waals surface area contributed by atoms with Crippen molar-refractivity contribution in [3.8, 4) is 0 Å². The lowest BCUT2D eigenvalue weighted by atomic mass is 9.70. The molecule has 1 heteroatoms. The Morgan fingerprint density at radius 2 is 1.27 bits per heavy atom. The van der Waals surface area contributed by atoms with Crippen LogP contribution in [0.25, 0.3) is 0 Å². The van der Waals surface area contributed by atoms with Gasteiger partial charge in [0, 0.05) is 6.04 Å². The maximum Gasteiger partial charge on any atom is 0.00390 e. The second-order valence-corrected chi connectivity index (χ2v) is 5.59. The Morgan fingerprint density at radius 3 is 1.73 bits per heavy atom. The molecule has 0 aromatic carbocycles. The third-order valence-corrected chi connectivity index (χ3v) is 4.63. The van der Waals surface area contributed by atoms with Crippen LogP contribution in [-0.2, 0) is 0 Å². The van der Waals surface area contributed by atoms with Crippen molar-refractivity contribution < 1.29 is 0 Å². The molecule has 2 fully saturated rings. The molecular formula is C14H25N. The molecule has 0 aromatic heterocycles. The van der Waals surface area contributed by atoms with Crippen LogP contribution < -0.4 is 5.73 Å². The van der Waals surface area contributed by atoms with E-state index in [0.29, 0.717) is 6.04 Å². The smallest absolute Gasteiger partial charge is 0.00390 e. The predicted octanol–water partition coefficient (Wildman–Crippen LogP) is 3.50. The maximum absolute atomic E-state index is 5.96. The number of hydrogen-bond donors (Lipinski definition) is 1. The van der Waals surface area contributed by atoms with E-state index in [1.54, 1.807) is 0 Å². The number of rotatable bonds is 2. The zero-order valence-corrected chi connectivity index (χ0v) is 9.83. The largest absolute Gasteiger partial charge is 0.328 e. The summed E-state index contributed by atoms with van der Waals surface area (Å²) in [6.07, 6.45) is 13.1. The van der Waals surface area contributed by atoms with Gasteiger partial charge in [0.2, 0.25) is 0 Å². The summed E-state index contributed by atoms with van der Waals surface area (Å²) < 4.78 is 0. The molecule has 0 unspecified atom stereocenters. The summed E-state index contributed by atoms with van der Waals surface area (Å²) in [5, 5.41) is 0. The van der Waals surface area contributed by atoms with Crippen LogP contribution in [0.4, 0.5) is 0 Å². The van der Waals surface area contributed by atoms with E-state index >= 15 is 0 Å². The molecule has 1 nitrogen and oxygen atoms in total. The first-order valence-electron chi connectivity index (χ1n) is 6.67. The Hall–Kier alpha value is -0.300. The third-order valence-electron chi connectivity index (χ3n) is 4.63. The van der Waals surface area contributed by atoms with Gasteiger partial charge in [-0.05, 0) is 69.1 Å². The molecule has 86 valence electrons. The molecule has 0 radical (unpaired) electrons. The normalized spacial score (nSPS) is 42.5. The number of nitrogens with two attached hydrogens (primary N) is 1. The molecule has 2 aliphatic carbocycles. The summed E-state index contributed by atoms with van der Waals surface area (Å²) in [5.74, 6) is 2.82. The molecule has 2 aliphatic rings.